The van der Waals surface area contributed by atoms with E-state index in [4.69, 9.17) is 4.74 Å². The fourth-order valence-electron chi connectivity index (χ4n) is 2.66. The van der Waals surface area contributed by atoms with Gasteiger partial charge in [0.25, 0.3) is 5.91 Å². The molecule has 2 N–H and O–H groups in total. The van der Waals surface area contributed by atoms with Crippen LogP contribution in [-0.4, -0.2) is 18.4 Å². The summed E-state index contributed by atoms with van der Waals surface area (Å²) in [6.07, 6.45) is 1.76. The topological polar surface area (TPSA) is 70.7 Å². The van der Waals surface area contributed by atoms with Crippen LogP contribution in [0.5, 0.6) is 5.75 Å². The Morgan fingerprint density at radius 1 is 1.19 bits per heavy atom. The minimum absolute atomic E-state index is 0.114. The van der Waals surface area contributed by atoms with E-state index in [-0.39, 0.29) is 18.2 Å². The highest BCUT2D eigenvalue weighted by Crippen LogP contribution is 2.22. The van der Waals surface area contributed by atoms with Gasteiger partial charge in [-0.1, -0.05) is 18.2 Å². The number of aryl methyl sites for hydroxylation is 1. The fraction of sp³-hybridized carbons (Fsp3) is 0.200. The summed E-state index contributed by atoms with van der Waals surface area (Å²) in [4.78, 5) is 24.8. The van der Waals surface area contributed by atoms with E-state index in [1.54, 1.807) is 30.3 Å². The van der Waals surface area contributed by atoms with Crippen molar-refractivity contribution in [2.45, 2.75) is 20.3 Å². The molecule has 134 valence electrons. The lowest BCUT2D eigenvalue weighted by molar-refractivity contribution is -0.119. The normalized spacial score (nSPS) is 13.7. The summed E-state index contributed by atoms with van der Waals surface area (Å²) >= 11 is 0. The van der Waals surface area contributed by atoms with Gasteiger partial charge >= 0.3 is 0 Å². The van der Waals surface area contributed by atoms with E-state index in [9.17, 15) is 9.59 Å². The van der Waals surface area contributed by atoms with Crippen molar-refractivity contribution in [3.63, 3.8) is 0 Å². The van der Waals surface area contributed by atoms with Crippen molar-refractivity contribution in [1.82, 2.24) is 5.43 Å². The molecule has 0 spiro atoms. The van der Waals surface area contributed by atoms with Crippen molar-refractivity contribution in [3.05, 3.63) is 65.9 Å². The second-order valence-electron chi connectivity index (χ2n) is 5.86. The molecular weight excluding hydrogens is 330 g/mol. The number of hydrazine groups is 1. The number of benzene rings is 2. The maximum Gasteiger partial charge on any atom is 0.273 e. The highest BCUT2D eigenvalue weighted by Gasteiger charge is 2.25. The number of hydrogen-bond acceptors (Lipinski definition) is 4. The molecule has 1 aliphatic heterocycles. The van der Waals surface area contributed by atoms with Crippen LogP contribution in [0.1, 0.15) is 18.9 Å². The average Bonchev–Trinajstić information content (AvgIpc) is 2.64. The quantitative estimate of drug-likeness (QED) is 0.868. The Morgan fingerprint density at radius 3 is 2.62 bits per heavy atom. The number of nitrogens with zero attached hydrogens (tertiary/aromatic N) is 1. The van der Waals surface area contributed by atoms with Gasteiger partial charge < -0.3 is 10.1 Å². The van der Waals surface area contributed by atoms with Crippen molar-refractivity contribution < 1.29 is 14.3 Å². The van der Waals surface area contributed by atoms with E-state index >= 15 is 0 Å². The van der Waals surface area contributed by atoms with E-state index in [0.717, 1.165) is 17.0 Å². The molecule has 0 saturated carbocycles. The molecule has 3 rings (SSSR count). The molecule has 0 bridgehead atoms. The molecule has 1 aliphatic rings. The molecule has 0 fully saturated rings. The summed E-state index contributed by atoms with van der Waals surface area (Å²) in [5, 5.41) is 4.24. The lowest BCUT2D eigenvalue weighted by Crippen LogP contribution is -2.48. The first kappa shape index (κ1) is 17.5. The Kier molecular flexibility index (Phi) is 5.22. The number of para-hydroxylation sites is 1. The van der Waals surface area contributed by atoms with Crippen molar-refractivity contribution >= 4 is 23.2 Å². The summed E-state index contributed by atoms with van der Waals surface area (Å²) in [5.41, 5.74) is 5.59. The number of rotatable bonds is 5. The predicted molar refractivity (Wildman–Crippen MR) is 101 cm³/mol. The van der Waals surface area contributed by atoms with Crippen LogP contribution >= 0.6 is 0 Å². The molecule has 0 saturated heterocycles. The molecule has 6 nitrogen and oxygen atoms in total. The van der Waals surface area contributed by atoms with Gasteiger partial charge in [0.05, 0.1) is 12.3 Å². The molecule has 2 aromatic carbocycles. The van der Waals surface area contributed by atoms with Crippen molar-refractivity contribution in [2.75, 3.05) is 16.9 Å². The van der Waals surface area contributed by atoms with Crippen LogP contribution in [0.15, 0.2) is 60.3 Å². The molecule has 6 heteroatoms. The number of anilines is 2. The molecule has 2 aromatic rings. The zero-order chi connectivity index (χ0) is 18.5. The second-order valence-corrected chi connectivity index (χ2v) is 5.86. The zero-order valence-corrected chi connectivity index (χ0v) is 14.8. The Labute approximate surface area is 152 Å². The molecular formula is C20H21N3O3. The molecule has 1 heterocycles. The Hall–Kier alpha value is -3.28. The third-order valence-electron chi connectivity index (χ3n) is 3.99. The van der Waals surface area contributed by atoms with Gasteiger partial charge in [-0.15, -0.1) is 0 Å². The van der Waals surface area contributed by atoms with E-state index in [1.807, 2.05) is 38.1 Å². The van der Waals surface area contributed by atoms with Gasteiger partial charge in [-0.05, 0) is 55.8 Å². The summed E-state index contributed by atoms with van der Waals surface area (Å²) < 4.78 is 5.39. The predicted octanol–water partition coefficient (Wildman–Crippen LogP) is 3.16. The average molecular weight is 351 g/mol. The summed E-state index contributed by atoms with van der Waals surface area (Å²) in [6.45, 7) is 4.42. The molecule has 0 unspecified atom stereocenters. The highest BCUT2D eigenvalue weighted by atomic mass is 16.5. The molecule has 26 heavy (non-hydrogen) atoms. The Bertz CT molecular complexity index is 844. The van der Waals surface area contributed by atoms with Crippen LogP contribution in [0.4, 0.5) is 11.4 Å². The van der Waals surface area contributed by atoms with Gasteiger partial charge in [-0.3, -0.25) is 15.0 Å². The van der Waals surface area contributed by atoms with Gasteiger partial charge in [-0.25, -0.2) is 5.01 Å². The number of nitrogens with one attached hydrogen (secondary N) is 2. The number of amides is 2. The number of carbonyl (C=O) groups excluding carboxylic acids is 2. The fourth-order valence-corrected chi connectivity index (χ4v) is 2.66. The monoisotopic (exact) mass is 351 g/mol. The first-order valence-electron chi connectivity index (χ1n) is 8.48. The zero-order valence-electron chi connectivity index (χ0n) is 14.8. The van der Waals surface area contributed by atoms with E-state index in [0.29, 0.717) is 18.0 Å². The third kappa shape index (κ3) is 3.85. The molecule has 0 radical (unpaired) electrons. The smallest absolute Gasteiger partial charge is 0.273 e. The SMILES string of the molecule is CCOc1ccc(NC(=O)C2=CCC(=O)N(c3ccccc3C)N2)cc1. The number of hydrogen-bond donors (Lipinski definition) is 2. The third-order valence-corrected chi connectivity index (χ3v) is 3.99. The minimum atomic E-state index is -0.305. The summed E-state index contributed by atoms with van der Waals surface area (Å²) in [7, 11) is 0. The lowest BCUT2D eigenvalue weighted by Gasteiger charge is -2.29. The van der Waals surface area contributed by atoms with E-state index in [1.165, 1.54) is 5.01 Å². The first-order valence-corrected chi connectivity index (χ1v) is 8.48. The van der Waals surface area contributed by atoms with Crippen molar-refractivity contribution in [3.8, 4) is 5.75 Å². The number of ether oxygens (including phenoxy) is 1. The first-order chi connectivity index (χ1) is 12.6. The van der Waals surface area contributed by atoms with Crippen LogP contribution in [0.25, 0.3) is 0 Å². The van der Waals surface area contributed by atoms with Gasteiger partial charge in [0.1, 0.15) is 11.4 Å². The molecule has 0 atom stereocenters. The summed E-state index contributed by atoms with van der Waals surface area (Å²) in [5.74, 6) is 0.328. The highest BCUT2D eigenvalue weighted by molar-refractivity contribution is 6.06. The largest absolute Gasteiger partial charge is 0.494 e. The van der Waals surface area contributed by atoms with Gasteiger partial charge in [0.2, 0.25) is 5.91 Å². The van der Waals surface area contributed by atoms with Crippen molar-refractivity contribution in [1.29, 1.82) is 0 Å². The Morgan fingerprint density at radius 2 is 1.92 bits per heavy atom. The van der Waals surface area contributed by atoms with Crippen LogP contribution < -0.4 is 20.5 Å². The second kappa shape index (κ2) is 7.74. The lowest BCUT2D eigenvalue weighted by atomic mass is 10.1. The molecule has 0 aromatic heterocycles. The van der Waals surface area contributed by atoms with Crippen LogP contribution in [0.3, 0.4) is 0 Å². The van der Waals surface area contributed by atoms with Gasteiger partial charge in [0, 0.05) is 12.1 Å². The van der Waals surface area contributed by atoms with E-state index in [2.05, 4.69) is 10.7 Å². The van der Waals surface area contributed by atoms with Crippen LogP contribution in [-0.2, 0) is 9.59 Å². The Balaban J connectivity index is 1.71. The van der Waals surface area contributed by atoms with Gasteiger partial charge in [0.15, 0.2) is 0 Å². The minimum Gasteiger partial charge on any atom is -0.494 e. The maximum atomic E-state index is 12.5. The van der Waals surface area contributed by atoms with E-state index < -0.39 is 0 Å². The maximum absolute atomic E-state index is 12.5. The number of carbonyl (C=O) groups is 2. The summed E-state index contributed by atoms with van der Waals surface area (Å²) in [6, 6.07) is 14.7. The standard InChI is InChI=1S/C20H21N3O3/c1-3-26-16-10-8-15(9-11-16)21-20(25)17-12-13-19(24)23(22-17)18-7-5-4-6-14(18)2/h4-12,22H,3,13H2,1-2H3,(H,21,25). The van der Waals surface area contributed by atoms with Crippen LogP contribution in [0, 0.1) is 6.92 Å². The van der Waals surface area contributed by atoms with Crippen LogP contribution in [0.2, 0.25) is 0 Å². The van der Waals surface area contributed by atoms with Crippen molar-refractivity contribution in [2.24, 2.45) is 0 Å². The molecule has 2 amide bonds. The van der Waals surface area contributed by atoms with Gasteiger partial charge in [-0.2, -0.15) is 0 Å². The molecule has 0 aliphatic carbocycles.